The summed E-state index contributed by atoms with van der Waals surface area (Å²) in [5.41, 5.74) is 4.32. The van der Waals surface area contributed by atoms with Gasteiger partial charge in [-0.25, -0.2) is 9.57 Å². The molecule has 0 radical (unpaired) electrons. The highest BCUT2D eigenvalue weighted by Crippen LogP contribution is 2.18. The van der Waals surface area contributed by atoms with E-state index in [1.165, 1.54) is 11.4 Å². The van der Waals surface area contributed by atoms with Gasteiger partial charge in [-0.1, -0.05) is 0 Å². The summed E-state index contributed by atoms with van der Waals surface area (Å²) in [5.74, 6) is 0. The molecule has 0 saturated carbocycles. The third-order valence-electron chi connectivity index (χ3n) is 2.99. The maximum absolute atomic E-state index is 4.60. The fourth-order valence-electron chi connectivity index (χ4n) is 1.80. The Hall–Kier alpha value is -1.87. The van der Waals surface area contributed by atoms with Gasteiger partial charge in [0.15, 0.2) is 5.71 Å². The monoisotopic (exact) mass is 289 g/mol. The van der Waals surface area contributed by atoms with Crippen LogP contribution in [0.15, 0.2) is 53.6 Å². The largest absolute Gasteiger partial charge is 1.00 e. The predicted octanol–water partition coefficient (Wildman–Crippen LogP) is -0.332. The molecule has 1 aromatic rings. The summed E-state index contributed by atoms with van der Waals surface area (Å²) >= 11 is 0. The molecule has 3 nitrogen and oxygen atoms in total. The SMILES string of the molecule is CN(C)c1ccc(N=C2C=CC(=[N+](C)C)C=C2)cc1.[Cl-]. The molecule has 4 heteroatoms. The second-order valence-corrected chi connectivity index (χ2v) is 4.93. The molecule has 0 fully saturated rings. The molecule has 0 saturated heterocycles. The summed E-state index contributed by atoms with van der Waals surface area (Å²) in [5, 5.41) is 0. The number of halogens is 1. The first-order valence-corrected chi connectivity index (χ1v) is 6.33. The topological polar surface area (TPSA) is 18.6 Å². The van der Waals surface area contributed by atoms with E-state index < -0.39 is 0 Å². The molecule has 106 valence electrons. The fraction of sp³-hybridized carbons (Fsp3) is 0.250. The van der Waals surface area contributed by atoms with E-state index in [1.807, 2.05) is 52.5 Å². The number of benzene rings is 1. The Bertz CT molecular complexity index is 556. The highest BCUT2D eigenvalue weighted by molar-refractivity contribution is 6.17. The molecule has 0 atom stereocenters. The van der Waals surface area contributed by atoms with Crippen LogP contribution in [0.25, 0.3) is 0 Å². The zero-order chi connectivity index (χ0) is 13.8. The lowest BCUT2D eigenvalue weighted by molar-refractivity contribution is -0.462. The minimum atomic E-state index is 0. The van der Waals surface area contributed by atoms with Crippen molar-refractivity contribution >= 4 is 22.8 Å². The van der Waals surface area contributed by atoms with E-state index in [2.05, 4.69) is 38.8 Å². The van der Waals surface area contributed by atoms with Gasteiger partial charge in [-0.15, -0.1) is 0 Å². The third kappa shape index (κ3) is 4.07. The van der Waals surface area contributed by atoms with Gasteiger partial charge >= 0.3 is 0 Å². The Balaban J connectivity index is 0.00000200. The Kier molecular flexibility index (Phi) is 5.71. The molecule has 20 heavy (non-hydrogen) atoms. The van der Waals surface area contributed by atoms with Crippen LogP contribution in [0.4, 0.5) is 11.4 Å². The Morgan fingerprint density at radius 2 is 1.45 bits per heavy atom. The van der Waals surface area contributed by atoms with Crippen LogP contribution in [0.3, 0.4) is 0 Å². The molecule has 0 N–H and O–H groups in total. The van der Waals surface area contributed by atoms with E-state index in [4.69, 9.17) is 0 Å². The van der Waals surface area contributed by atoms with Gasteiger partial charge in [0.2, 0.25) is 0 Å². The van der Waals surface area contributed by atoms with Gasteiger partial charge in [0.1, 0.15) is 14.1 Å². The second-order valence-electron chi connectivity index (χ2n) is 4.93. The van der Waals surface area contributed by atoms with Crippen LogP contribution in [0.1, 0.15) is 0 Å². The highest BCUT2D eigenvalue weighted by atomic mass is 35.5. The molecule has 0 amide bonds. The second kappa shape index (κ2) is 7.06. The van der Waals surface area contributed by atoms with Gasteiger partial charge in [0.05, 0.1) is 11.4 Å². The van der Waals surface area contributed by atoms with Crippen molar-refractivity contribution < 1.29 is 17.0 Å². The Morgan fingerprint density at radius 1 is 0.900 bits per heavy atom. The lowest BCUT2D eigenvalue weighted by Gasteiger charge is -2.11. The summed E-state index contributed by atoms with van der Waals surface area (Å²) in [4.78, 5) is 6.68. The molecule has 0 aromatic heterocycles. The molecule has 0 spiro atoms. The molecular formula is C16H20ClN3. The minimum Gasteiger partial charge on any atom is -1.00 e. The molecule has 0 unspecified atom stereocenters. The molecule has 1 aromatic carbocycles. The van der Waals surface area contributed by atoms with E-state index >= 15 is 0 Å². The summed E-state index contributed by atoms with van der Waals surface area (Å²) in [6.07, 6.45) is 8.23. The number of rotatable bonds is 2. The number of nitrogens with zero attached hydrogens (tertiary/aromatic N) is 3. The van der Waals surface area contributed by atoms with Gasteiger partial charge in [-0.3, -0.25) is 0 Å². The normalized spacial score (nSPS) is 13.0. The third-order valence-corrected chi connectivity index (χ3v) is 2.99. The minimum absolute atomic E-state index is 0. The van der Waals surface area contributed by atoms with E-state index in [-0.39, 0.29) is 12.4 Å². The van der Waals surface area contributed by atoms with Crippen molar-refractivity contribution in [2.75, 3.05) is 33.1 Å². The number of aliphatic imine (C=N–C) groups is 1. The van der Waals surface area contributed by atoms with Gasteiger partial charge < -0.3 is 17.3 Å². The standard InChI is InChI=1S/C16H20N3.ClH/c1-18(2)15-9-5-13(6-10-15)17-14-7-11-16(12-8-14)19(3)4;/h5-12H,1-4H3;1H/q+1;/p-1. The van der Waals surface area contributed by atoms with Crippen molar-refractivity contribution in [2.45, 2.75) is 0 Å². The molecular weight excluding hydrogens is 270 g/mol. The highest BCUT2D eigenvalue weighted by Gasteiger charge is 2.05. The summed E-state index contributed by atoms with van der Waals surface area (Å²) in [6, 6.07) is 8.23. The molecule has 0 heterocycles. The van der Waals surface area contributed by atoms with Crippen molar-refractivity contribution in [2.24, 2.45) is 4.99 Å². The van der Waals surface area contributed by atoms with Crippen LogP contribution < -0.4 is 17.3 Å². The van der Waals surface area contributed by atoms with Crippen molar-refractivity contribution in [3.63, 3.8) is 0 Å². The molecule has 0 aliphatic heterocycles. The summed E-state index contributed by atoms with van der Waals surface area (Å²) < 4.78 is 2.08. The first-order chi connectivity index (χ1) is 9.06. The van der Waals surface area contributed by atoms with Crippen molar-refractivity contribution in [1.82, 2.24) is 0 Å². The van der Waals surface area contributed by atoms with Crippen LogP contribution in [0.2, 0.25) is 0 Å². The van der Waals surface area contributed by atoms with E-state index in [0.717, 1.165) is 11.4 Å². The van der Waals surface area contributed by atoms with Crippen LogP contribution in [-0.2, 0) is 0 Å². The smallest absolute Gasteiger partial charge is 0.199 e. The average Bonchev–Trinajstić information content (AvgIpc) is 2.40. The van der Waals surface area contributed by atoms with Crippen LogP contribution >= 0.6 is 0 Å². The first-order valence-electron chi connectivity index (χ1n) is 6.33. The molecule has 1 aliphatic rings. The Labute approximate surface area is 127 Å². The van der Waals surface area contributed by atoms with E-state index in [1.54, 1.807) is 0 Å². The zero-order valence-corrected chi connectivity index (χ0v) is 13.1. The maximum Gasteiger partial charge on any atom is 0.199 e. The molecule has 1 aliphatic carbocycles. The summed E-state index contributed by atoms with van der Waals surface area (Å²) in [7, 11) is 8.14. The quantitative estimate of drug-likeness (QED) is 0.539. The van der Waals surface area contributed by atoms with Crippen molar-refractivity contribution in [3.05, 3.63) is 48.6 Å². The number of hydrogen-bond acceptors (Lipinski definition) is 2. The average molecular weight is 290 g/mol. The molecule has 2 rings (SSSR count). The van der Waals surface area contributed by atoms with Gasteiger partial charge in [0.25, 0.3) is 0 Å². The zero-order valence-electron chi connectivity index (χ0n) is 12.3. The van der Waals surface area contributed by atoms with Gasteiger partial charge in [0, 0.05) is 31.9 Å². The number of allylic oxidation sites excluding steroid dienone is 4. The Morgan fingerprint density at radius 3 is 1.90 bits per heavy atom. The maximum atomic E-state index is 4.60. The lowest BCUT2D eigenvalue weighted by atomic mass is 10.1. The summed E-state index contributed by atoms with van der Waals surface area (Å²) in [6.45, 7) is 0. The number of hydrogen-bond donors (Lipinski definition) is 0. The van der Waals surface area contributed by atoms with E-state index in [0.29, 0.717) is 0 Å². The van der Waals surface area contributed by atoms with Crippen molar-refractivity contribution in [1.29, 1.82) is 0 Å². The van der Waals surface area contributed by atoms with E-state index in [9.17, 15) is 0 Å². The van der Waals surface area contributed by atoms with Crippen molar-refractivity contribution in [3.8, 4) is 0 Å². The predicted molar refractivity (Wildman–Crippen MR) is 83.3 cm³/mol. The first kappa shape index (κ1) is 16.2. The lowest BCUT2D eigenvalue weighted by Crippen LogP contribution is -3.00. The number of anilines is 1. The van der Waals surface area contributed by atoms with Crippen LogP contribution in [0, 0.1) is 0 Å². The van der Waals surface area contributed by atoms with Crippen LogP contribution in [0.5, 0.6) is 0 Å². The van der Waals surface area contributed by atoms with Crippen LogP contribution in [-0.4, -0.2) is 44.2 Å². The van der Waals surface area contributed by atoms with Gasteiger partial charge in [-0.05, 0) is 36.4 Å². The fourth-order valence-corrected chi connectivity index (χ4v) is 1.80. The van der Waals surface area contributed by atoms with Gasteiger partial charge in [-0.2, -0.15) is 0 Å². The molecule has 0 bridgehead atoms.